The number of aromatic nitrogens is 3. The minimum Gasteiger partial charge on any atom is -0.497 e. The number of ether oxygens (including phenoxy) is 1. The van der Waals surface area contributed by atoms with Crippen molar-refractivity contribution in [1.82, 2.24) is 14.8 Å². The maximum atomic E-state index is 13.4. The second-order valence-corrected chi connectivity index (χ2v) is 7.16. The van der Waals surface area contributed by atoms with Crippen molar-refractivity contribution in [2.24, 2.45) is 7.05 Å². The van der Waals surface area contributed by atoms with E-state index < -0.39 is 5.25 Å². The van der Waals surface area contributed by atoms with E-state index in [1.54, 1.807) is 62.0 Å². The van der Waals surface area contributed by atoms with Gasteiger partial charge in [-0.15, -0.1) is 10.2 Å². The second-order valence-electron chi connectivity index (χ2n) is 5.85. The van der Waals surface area contributed by atoms with Gasteiger partial charge < -0.3 is 14.6 Å². The van der Waals surface area contributed by atoms with Crippen LogP contribution >= 0.6 is 11.8 Å². The number of amides is 1. The van der Waals surface area contributed by atoms with Crippen molar-refractivity contribution in [2.75, 3.05) is 12.4 Å². The molecule has 0 aliphatic carbocycles. The third-order valence-corrected chi connectivity index (χ3v) is 5.06. The van der Waals surface area contributed by atoms with Crippen LogP contribution in [0.15, 0.2) is 53.7 Å². The summed E-state index contributed by atoms with van der Waals surface area (Å²) in [5, 5.41) is 11.3. The van der Waals surface area contributed by atoms with E-state index >= 15 is 0 Å². The molecule has 0 saturated heterocycles. The zero-order chi connectivity index (χ0) is 19.4. The third kappa shape index (κ3) is 4.46. The Kier molecular flexibility index (Phi) is 5.75. The largest absolute Gasteiger partial charge is 0.497 e. The summed E-state index contributed by atoms with van der Waals surface area (Å²) in [4.78, 5) is 12.4. The normalized spacial score (nSPS) is 11.9. The summed E-state index contributed by atoms with van der Waals surface area (Å²) in [7, 11) is 3.38. The number of hydrogen-bond acceptors (Lipinski definition) is 5. The number of thioether (sulfide) groups is 1. The van der Waals surface area contributed by atoms with Gasteiger partial charge in [0.15, 0.2) is 11.0 Å². The maximum Gasteiger partial charge on any atom is 0.237 e. The molecular weight excluding hydrogens is 367 g/mol. The highest BCUT2D eigenvalue weighted by atomic mass is 32.2. The fraction of sp³-hybridized carbons (Fsp3) is 0.211. The summed E-state index contributed by atoms with van der Waals surface area (Å²) >= 11 is 1.28. The number of nitrogens with one attached hydrogen (secondary N) is 1. The van der Waals surface area contributed by atoms with Gasteiger partial charge >= 0.3 is 0 Å². The van der Waals surface area contributed by atoms with Gasteiger partial charge in [-0.25, -0.2) is 4.39 Å². The van der Waals surface area contributed by atoms with E-state index in [9.17, 15) is 9.18 Å². The van der Waals surface area contributed by atoms with Crippen molar-refractivity contribution in [3.05, 3.63) is 54.3 Å². The average Bonchev–Trinajstić information content (AvgIpc) is 3.02. The lowest BCUT2D eigenvalue weighted by Gasteiger charge is -2.12. The second kappa shape index (κ2) is 8.22. The van der Waals surface area contributed by atoms with Gasteiger partial charge in [0.05, 0.1) is 12.4 Å². The molecule has 0 radical (unpaired) electrons. The average molecular weight is 386 g/mol. The lowest BCUT2D eigenvalue weighted by molar-refractivity contribution is -0.115. The molecule has 0 aliphatic rings. The molecule has 1 heterocycles. The first-order chi connectivity index (χ1) is 13.0. The number of hydrogen-bond donors (Lipinski definition) is 1. The quantitative estimate of drug-likeness (QED) is 0.654. The SMILES string of the molecule is COc1ccc(NC(=O)[C@@H](C)Sc2nnc(-c3cccc(F)c3)n2C)cc1. The number of halogens is 1. The van der Waals surface area contributed by atoms with Crippen LogP contribution in [0, 0.1) is 5.82 Å². The maximum absolute atomic E-state index is 13.4. The molecule has 0 bridgehead atoms. The van der Waals surface area contributed by atoms with Crippen LogP contribution in [-0.2, 0) is 11.8 Å². The van der Waals surface area contributed by atoms with Gasteiger partial charge in [0.2, 0.25) is 5.91 Å². The molecule has 3 rings (SSSR count). The monoisotopic (exact) mass is 386 g/mol. The fourth-order valence-corrected chi connectivity index (χ4v) is 3.24. The number of nitrogens with zero attached hydrogens (tertiary/aromatic N) is 3. The molecule has 2 aromatic carbocycles. The van der Waals surface area contributed by atoms with Crippen molar-refractivity contribution in [3.63, 3.8) is 0 Å². The Balaban J connectivity index is 1.68. The first-order valence-corrected chi connectivity index (χ1v) is 9.13. The van der Waals surface area contributed by atoms with Crippen molar-refractivity contribution in [2.45, 2.75) is 17.3 Å². The van der Waals surface area contributed by atoms with E-state index in [0.717, 1.165) is 5.75 Å². The van der Waals surface area contributed by atoms with Crippen LogP contribution in [0.25, 0.3) is 11.4 Å². The molecule has 0 saturated carbocycles. The molecule has 0 spiro atoms. The lowest BCUT2D eigenvalue weighted by atomic mass is 10.2. The van der Waals surface area contributed by atoms with Gasteiger partial charge in [-0.2, -0.15) is 0 Å². The summed E-state index contributed by atoms with van der Waals surface area (Å²) in [5.74, 6) is 0.775. The van der Waals surface area contributed by atoms with E-state index in [0.29, 0.717) is 22.2 Å². The van der Waals surface area contributed by atoms with Crippen molar-refractivity contribution < 1.29 is 13.9 Å². The number of anilines is 1. The Labute approximate surface area is 160 Å². The van der Waals surface area contributed by atoms with Crippen LogP contribution in [0.2, 0.25) is 0 Å². The molecule has 8 heteroatoms. The standard InChI is InChI=1S/C19H19FN4O2S/c1-12(18(25)21-15-7-9-16(26-3)10-8-15)27-19-23-22-17(24(19)2)13-5-4-6-14(20)11-13/h4-12H,1-3H3,(H,21,25)/t12-/m1/s1. The van der Waals surface area contributed by atoms with Gasteiger partial charge in [-0.1, -0.05) is 23.9 Å². The van der Waals surface area contributed by atoms with Gasteiger partial charge in [0, 0.05) is 18.3 Å². The first kappa shape index (κ1) is 18.9. The topological polar surface area (TPSA) is 69.0 Å². The predicted octanol–water partition coefficient (Wildman–Crippen LogP) is 3.75. The molecule has 3 aromatic rings. The molecule has 6 nitrogen and oxygen atoms in total. The Morgan fingerprint density at radius 2 is 1.96 bits per heavy atom. The van der Waals surface area contributed by atoms with Gasteiger partial charge in [-0.05, 0) is 43.3 Å². The van der Waals surface area contributed by atoms with Crippen LogP contribution in [0.5, 0.6) is 5.75 Å². The van der Waals surface area contributed by atoms with Crippen molar-refractivity contribution in [3.8, 4) is 17.1 Å². The Bertz CT molecular complexity index is 943. The molecule has 1 aromatic heterocycles. The summed E-state index contributed by atoms with van der Waals surface area (Å²) in [5.41, 5.74) is 1.32. The molecule has 0 fully saturated rings. The summed E-state index contributed by atoms with van der Waals surface area (Å²) in [6, 6.07) is 13.3. The van der Waals surface area contributed by atoms with E-state index in [2.05, 4.69) is 15.5 Å². The molecule has 1 amide bonds. The third-order valence-electron chi connectivity index (χ3n) is 3.93. The van der Waals surface area contributed by atoms with Crippen LogP contribution in [-0.4, -0.2) is 33.0 Å². The first-order valence-electron chi connectivity index (χ1n) is 8.25. The number of carbonyl (C=O) groups excluding carboxylic acids is 1. The minimum atomic E-state index is -0.393. The van der Waals surface area contributed by atoms with Gasteiger partial charge in [-0.3, -0.25) is 4.79 Å². The fourth-order valence-electron chi connectivity index (χ4n) is 2.43. The minimum absolute atomic E-state index is 0.152. The summed E-state index contributed by atoms with van der Waals surface area (Å²) in [6.45, 7) is 1.79. The molecule has 1 N–H and O–H groups in total. The van der Waals surface area contributed by atoms with Crippen LogP contribution in [0.1, 0.15) is 6.92 Å². The number of carbonyl (C=O) groups is 1. The Morgan fingerprint density at radius 3 is 2.63 bits per heavy atom. The molecule has 0 unspecified atom stereocenters. The van der Waals surface area contributed by atoms with Gasteiger partial charge in [0.25, 0.3) is 0 Å². The van der Waals surface area contributed by atoms with E-state index in [1.165, 1.54) is 23.9 Å². The highest BCUT2D eigenvalue weighted by molar-refractivity contribution is 8.00. The summed E-state index contributed by atoms with van der Waals surface area (Å²) < 4.78 is 20.3. The predicted molar refractivity (Wildman–Crippen MR) is 103 cm³/mol. The molecule has 140 valence electrons. The van der Waals surface area contributed by atoms with Crippen LogP contribution in [0.4, 0.5) is 10.1 Å². The molecular formula is C19H19FN4O2S. The molecule has 1 atom stereocenters. The van der Waals surface area contributed by atoms with E-state index in [1.807, 2.05) is 0 Å². The smallest absolute Gasteiger partial charge is 0.237 e. The van der Waals surface area contributed by atoms with E-state index in [4.69, 9.17) is 4.74 Å². The lowest BCUT2D eigenvalue weighted by Crippen LogP contribution is -2.22. The number of benzene rings is 2. The number of methoxy groups -OCH3 is 1. The van der Waals surface area contributed by atoms with Crippen molar-refractivity contribution >= 4 is 23.4 Å². The molecule has 27 heavy (non-hydrogen) atoms. The summed E-state index contributed by atoms with van der Waals surface area (Å²) in [6.07, 6.45) is 0. The number of rotatable bonds is 6. The Morgan fingerprint density at radius 1 is 1.22 bits per heavy atom. The highest BCUT2D eigenvalue weighted by Crippen LogP contribution is 2.26. The highest BCUT2D eigenvalue weighted by Gasteiger charge is 2.19. The van der Waals surface area contributed by atoms with Gasteiger partial charge in [0.1, 0.15) is 11.6 Å². The zero-order valence-electron chi connectivity index (χ0n) is 15.1. The Hall–Kier alpha value is -2.87. The van der Waals surface area contributed by atoms with Crippen LogP contribution < -0.4 is 10.1 Å². The van der Waals surface area contributed by atoms with E-state index in [-0.39, 0.29) is 11.7 Å². The van der Waals surface area contributed by atoms with Crippen molar-refractivity contribution in [1.29, 1.82) is 0 Å². The molecule has 0 aliphatic heterocycles. The van der Waals surface area contributed by atoms with Crippen LogP contribution in [0.3, 0.4) is 0 Å². The zero-order valence-corrected chi connectivity index (χ0v) is 16.0.